The molecule has 0 radical (unpaired) electrons. The second-order valence-corrected chi connectivity index (χ2v) is 6.33. The summed E-state index contributed by atoms with van der Waals surface area (Å²) < 4.78 is 0. The summed E-state index contributed by atoms with van der Waals surface area (Å²) in [7, 11) is 0. The van der Waals surface area contributed by atoms with Gasteiger partial charge in [-0.1, -0.05) is 23.2 Å². The van der Waals surface area contributed by atoms with E-state index in [2.05, 4.69) is 20.2 Å². The summed E-state index contributed by atoms with van der Waals surface area (Å²) in [5.41, 5.74) is 1.68. The predicted molar refractivity (Wildman–Crippen MR) is 92.6 cm³/mol. The van der Waals surface area contributed by atoms with Crippen LogP contribution >= 0.6 is 23.2 Å². The lowest BCUT2D eigenvalue weighted by Gasteiger charge is -2.28. The molecule has 1 fully saturated rings. The molecule has 1 saturated heterocycles. The minimum Gasteiger partial charge on any atom is -0.356 e. The van der Waals surface area contributed by atoms with Crippen LogP contribution in [0.2, 0.25) is 10.0 Å². The minimum atomic E-state index is 0.553. The van der Waals surface area contributed by atoms with Crippen LogP contribution in [0.15, 0.2) is 24.3 Å². The zero-order chi connectivity index (χ0) is 15.5. The zero-order valence-corrected chi connectivity index (χ0v) is 14.0. The van der Waals surface area contributed by atoms with E-state index >= 15 is 0 Å². The van der Waals surface area contributed by atoms with E-state index in [0.29, 0.717) is 16.0 Å². The lowest BCUT2D eigenvalue weighted by atomic mass is 10.1. The predicted octanol–water partition coefficient (Wildman–Crippen LogP) is 4.83. The minimum absolute atomic E-state index is 0.553. The van der Waals surface area contributed by atoms with Gasteiger partial charge in [0, 0.05) is 29.9 Å². The molecular formula is C16H18Cl2N4. The molecule has 3 rings (SSSR count). The monoisotopic (exact) mass is 336 g/mol. The Balaban J connectivity index is 1.85. The molecule has 116 valence electrons. The van der Waals surface area contributed by atoms with Crippen LogP contribution in [0, 0.1) is 6.92 Å². The summed E-state index contributed by atoms with van der Waals surface area (Å²) in [6, 6.07) is 7.35. The van der Waals surface area contributed by atoms with Gasteiger partial charge in [-0.2, -0.15) is 4.98 Å². The number of nitrogens with zero attached hydrogens (tertiary/aromatic N) is 3. The first-order chi connectivity index (χ1) is 10.6. The van der Waals surface area contributed by atoms with E-state index in [0.717, 1.165) is 30.3 Å². The Morgan fingerprint density at radius 1 is 1.05 bits per heavy atom. The number of halogens is 2. The number of piperidine rings is 1. The summed E-state index contributed by atoms with van der Waals surface area (Å²) in [5, 5.41) is 4.34. The van der Waals surface area contributed by atoms with Gasteiger partial charge in [-0.3, -0.25) is 0 Å². The Bertz CT molecular complexity index is 669. The molecule has 6 heteroatoms. The molecule has 1 aliphatic rings. The molecule has 1 aliphatic heterocycles. The van der Waals surface area contributed by atoms with E-state index in [1.807, 2.05) is 19.1 Å². The van der Waals surface area contributed by atoms with Crippen molar-refractivity contribution in [1.29, 1.82) is 0 Å². The molecule has 0 unspecified atom stereocenters. The van der Waals surface area contributed by atoms with E-state index in [1.165, 1.54) is 19.3 Å². The summed E-state index contributed by atoms with van der Waals surface area (Å²) in [4.78, 5) is 11.4. The summed E-state index contributed by atoms with van der Waals surface area (Å²) in [5.74, 6) is 1.53. The summed E-state index contributed by atoms with van der Waals surface area (Å²) >= 11 is 12.1. The van der Waals surface area contributed by atoms with Crippen LogP contribution in [-0.4, -0.2) is 23.1 Å². The Hall–Kier alpha value is -1.52. The van der Waals surface area contributed by atoms with Gasteiger partial charge in [0.15, 0.2) is 0 Å². The van der Waals surface area contributed by atoms with Crippen molar-refractivity contribution < 1.29 is 0 Å². The highest BCUT2D eigenvalue weighted by Crippen LogP contribution is 2.28. The van der Waals surface area contributed by atoms with Crippen LogP contribution in [0.3, 0.4) is 0 Å². The Labute approximate surface area is 140 Å². The lowest BCUT2D eigenvalue weighted by molar-refractivity contribution is 0.573. The number of nitrogens with one attached hydrogen (secondary N) is 1. The topological polar surface area (TPSA) is 41.1 Å². The van der Waals surface area contributed by atoms with Gasteiger partial charge in [-0.25, -0.2) is 4.98 Å². The van der Waals surface area contributed by atoms with Gasteiger partial charge in [-0.05, 0) is 44.4 Å². The van der Waals surface area contributed by atoms with Crippen molar-refractivity contribution in [3.63, 3.8) is 0 Å². The maximum Gasteiger partial charge on any atom is 0.229 e. The molecule has 0 spiro atoms. The lowest BCUT2D eigenvalue weighted by Crippen LogP contribution is -2.30. The van der Waals surface area contributed by atoms with Crippen LogP contribution in [0.5, 0.6) is 0 Å². The molecule has 0 amide bonds. The number of aromatic nitrogens is 2. The van der Waals surface area contributed by atoms with E-state index < -0.39 is 0 Å². The maximum absolute atomic E-state index is 6.19. The van der Waals surface area contributed by atoms with Crippen molar-refractivity contribution in [1.82, 2.24) is 9.97 Å². The van der Waals surface area contributed by atoms with E-state index in [-0.39, 0.29) is 0 Å². The number of benzene rings is 1. The smallest absolute Gasteiger partial charge is 0.229 e. The van der Waals surface area contributed by atoms with Gasteiger partial charge < -0.3 is 10.2 Å². The molecule has 2 heterocycles. The van der Waals surface area contributed by atoms with Crippen LogP contribution in [0.25, 0.3) is 0 Å². The standard InChI is InChI=1S/C16H18Cl2N4/c1-11-9-15(22-7-3-2-4-8-22)21-16(19-11)20-14-6-5-12(17)10-13(14)18/h5-6,9-10H,2-4,7-8H2,1H3,(H,19,20,21). The normalized spacial score (nSPS) is 15.0. The zero-order valence-electron chi connectivity index (χ0n) is 12.4. The molecule has 0 aliphatic carbocycles. The first-order valence-electron chi connectivity index (χ1n) is 7.44. The molecule has 0 saturated carbocycles. The highest BCUT2D eigenvalue weighted by molar-refractivity contribution is 6.36. The molecule has 0 atom stereocenters. The van der Waals surface area contributed by atoms with Crippen molar-refractivity contribution in [2.75, 3.05) is 23.3 Å². The summed E-state index contributed by atoms with van der Waals surface area (Å²) in [6.07, 6.45) is 3.73. The van der Waals surface area contributed by atoms with E-state index in [1.54, 1.807) is 12.1 Å². The van der Waals surface area contributed by atoms with E-state index in [4.69, 9.17) is 23.2 Å². The third-order valence-electron chi connectivity index (χ3n) is 3.70. The first kappa shape index (κ1) is 15.4. The number of anilines is 3. The highest BCUT2D eigenvalue weighted by atomic mass is 35.5. The molecule has 1 aromatic carbocycles. The fraction of sp³-hybridized carbons (Fsp3) is 0.375. The SMILES string of the molecule is Cc1cc(N2CCCCC2)nc(Nc2ccc(Cl)cc2Cl)n1. The first-order valence-corrected chi connectivity index (χ1v) is 8.20. The highest BCUT2D eigenvalue weighted by Gasteiger charge is 2.14. The fourth-order valence-electron chi connectivity index (χ4n) is 2.60. The Kier molecular flexibility index (Phi) is 4.69. The van der Waals surface area contributed by atoms with Crippen molar-refractivity contribution in [2.24, 2.45) is 0 Å². The maximum atomic E-state index is 6.19. The van der Waals surface area contributed by atoms with Crippen molar-refractivity contribution in [3.05, 3.63) is 40.0 Å². The van der Waals surface area contributed by atoms with Crippen LogP contribution in [-0.2, 0) is 0 Å². The van der Waals surface area contributed by atoms with Gasteiger partial charge in [0.2, 0.25) is 5.95 Å². The van der Waals surface area contributed by atoms with Crippen LogP contribution in [0.1, 0.15) is 25.0 Å². The quantitative estimate of drug-likeness (QED) is 0.871. The number of aryl methyl sites for hydroxylation is 1. The fourth-order valence-corrected chi connectivity index (χ4v) is 3.06. The molecule has 1 aromatic heterocycles. The molecule has 1 N–H and O–H groups in total. The van der Waals surface area contributed by atoms with Gasteiger partial charge in [0.25, 0.3) is 0 Å². The van der Waals surface area contributed by atoms with Gasteiger partial charge >= 0.3 is 0 Å². The van der Waals surface area contributed by atoms with Crippen molar-refractivity contribution in [2.45, 2.75) is 26.2 Å². The average Bonchev–Trinajstić information content (AvgIpc) is 2.50. The number of hydrogen-bond donors (Lipinski definition) is 1. The van der Waals surface area contributed by atoms with Gasteiger partial charge in [-0.15, -0.1) is 0 Å². The largest absolute Gasteiger partial charge is 0.356 e. The number of rotatable bonds is 3. The Morgan fingerprint density at radius 2 is 1.82 bits per heavy atom. The summed E-state index contributed by atoms with van der Waals surface area (Å²) in [6.45, 7) is 4.08. The third kappa shape index (κ3) is 3.62. The Morgan fingerprint density at radius 3 is 2.55 bits per heavy atom. The molecule has 22 heavy (non-hydrogen) atoms. The van der Waals surface area contributed by atoms with Crippen LogP contribution < -0.4 is 10.2 Å². The molecule has 0 bridgehead atoms. The molecule has 4 nitrogen and oxygen atoms in total. The number of hydrogen-bond acceptors (Lipinski definition) is 4. The van der Waals surface area contributed by atoms with E-state index in [9.17, 15) is 0 Å². The van der Waals surface area contributed by atoms with Gasteiger partial charge in [0.1, 0.15) is 5.82 Å². The third-order valence-corrected chi connectivity index (χ3v) is 4.25. The molecule has 2 aromatic rings. The second kappa shape index (κ2) is 6.71. The van der Waals surface area contributed by atoms with Crippen molar-refractivity contribution in [3.8, 4) is 0 Å². The second-order valence-electron chi connectivity index (χ2n) is 5.49. The molecular weight excluding hydrogens is 319 g/mol. The van der Waals surface area contributed by atoms with Gasteiger partial charge in [0.05, 0.1) is 10.7 Å². The average molecular weight is 337 g/mol. The van der Waals surface area contributed by atoms with Crippen molar-refractivity contribution >= 4 is 40.7 Å². The van der Waals surface area contributed by atoms with Crippen LogP contribution in [0.4, 0.5) is 17.5 Å².